The van der Waals surface area contributed by atoms with Gasteiger partial charge < -0.3 is 29.4 Å². The molecule has 61 heavy (non-hydrogen) atoms. The Bertz CT molecular complexity index is 1540. The van der Waals surface area contributed by atoms with Crippen molar-refractivity contribution in [2.24, 2.45) is 0 Å². The minimum Gasteiger partial charge on any atom is -0.462 e. The molecule has 0 aromatic carbocycles. The van der Waals surface area contributed by atoms with Crippen LogP contribution in [0.5, 0.6) is 0 Å². The van der Waals surface area contributed by atoms with Crippen LogP contribution in [0.3, 0.4) is 0 Å². The molecule has 2 aromatic rings. The number of carbonyl (C=O) groups excluding carboxylic acids is 4. The molecule has 0 unspecified atom stereocenters. The van der Waals surface area contributed by atoms with Gasteiger partial charge in [0.15, 0.2) is 28.7 Å². The number of H-pyrrole nitrogens is 1. The molecule has 3 N–H and O–H groups in total. The number of aromatic nitrogens is 4. The third kappa shape index (κ3) is 21.0. The van der Waals surface area contributed by atoms with Crippen LogP contribution in [-0.4, -0.2) is 75.2 Å². The van der Waals surface area contributed by atoms with Crippen molar-refractivity contribution in [2.45, 2.75) is 218 Å². The number of hydrogen-bond donors (Lipinski definition) is 2. The van der Waals surface area contributed by atoms with Crippen molar-refractivity contribution in [3.63, 3.8) is 0 Å². The molecule has 2 aromatic heterocycles. The van der Waals surface area contributed by atoms with Crippen LogP contribution in [0.25, 0.3) is 11.2 Å². The lowest BCUT2D eigenvalue weighted by molar-refractivity contribution is -0.167. The topological polar surface area (TPSA) is 187 Å². The standard InChI is InChI=1S/C47H77N5O9/c1-4-7-9-11-13-15-17-19-21-23-25-28-40(53)57-34-38(35-58-41(54)29-26-24-22-20-18-16-14-12-10-8-5-2)60-43(56)31-27-30-42(55)59-36-47(6-3)33-32-39(61-47)52-37-49-44-45(48)50-51-46(44)52/h3,37-39H,4-5,7-36H2,1-2H3,(H3,48,50,51)/t39-,47+/m1/s1. The second-order valence-corrected chi connectivity index (χ2v) is 16.8. The number of nitrogens with two attached hydrogens (primary N) is 1. The van der Waals surface area contributed by atoms with E-state index in [2.05, 4.69) is 34.9 Å². The predicted molar refractivity (Wildman–Crippen MR) is 236 cm³/mol. The van der Waals surface area contributed by atoms with E-state index in [4.69, 9.17) is 35.8 Å². The molecule has 0 aliphatic carbocycles. The highest BCUT2D eigenvalue weighted by atomic mass is 16.6. The number of anilines is 1. The first-order valence-electron chi connectivity index (χ1n) is 23.7. The van der Waals surface area contributed by atoms with E-state index in [1.165, 1.54) is 103 Å². The van der Waals surface area contributed by atoms with E-state index >= 15 is 0 Å². The summed E-state index contributed by atoms with van der Waals surface area (Å²) in [6.07, 6.45) is 33.5. The van der Waals surface area contributed by atoms with Crippen LogP contribution in [0.2, 0.25) is 0 Å². The predicted octanol–water partition coefficient (Wildman–Crippen LogP) is 10.1. The van der Waals surface area contributed by atoms with E-state index in [0.717, 1.165) is 38.5 Å². The van der Waals surface area contributed by atoms with Gasteiger partial charge in [-0.15, -0.1) is 6.42 Å². The van der Waals surface area contributed by atoms with Gasteiger partial charge in [0.25, 0.3) is 0 Å². The Kier molecular flexibility index (Phi) is 25.9. The van der Waals surface area contributed by atoms with E-state index in [-0.39, 0.29) is 69.7 Å². The maximum Gasteiger partial charge on any atom is 0.306 e. The van der Waals surface area contributed by atoms with Crippen molar-refractivity contribution >= 4 is 40.9 Å². The van der Waals surface area contributed by atoms with Crippen molar-refractivity contribution in [1.82, 2.24) is 19.7 Å². The molecular formula is C47H77N5O9. The number of unbranched alkanes of at least 4 members (excludes halogenated alkanes) is 20. The number of nitrogens with zero attached hydrogens (tertiary/aromatic N) is 3. The fourth-order valence-electron chi connectivity index (χ4n) is 7.62. The molecule has 0 amide bonds. The number of nitrogens with one attached hydrogen (secondary N) is 1. The average Bonchev–Trinajstić information content (AvgIpc) is 3.98. The van der Waals surface area contributed by atoms with Gasteiger partial charge in [-0.1, -0.05) is 148 Å². The van der Waals surface area contributed by atoms with Crippen LogP contribution in [0, 0.1) is 12.3 Å². The molecule has 1 aliphatic rings. The van der Waals surface area contributed by atoms with Crippen molar-refractivity contribution in [2.75, 3.05) is 25.6 Å². The summed E-state index contributed by atoms with van der Waals surface area (Å²) < 4.78 is 30.0. The highest BCUT2D eigenvalue weighted by Gasteiger charge is 2.41. The first-order valence-corrected chi connectivity index (χ1v) is 23.7. The summed E-state index contributed by atoms with van der Waals surface area (Å²) in [6.45, 7) is 3.87. The van der Waals surface area contributed by atoms with Crippen LogP contribution in [0.1, 0.15) is 206 Å². The highest BCUT2D eigenvalue weighted by Crippen LogP contribution is 2.38. The van der Waals surface area contributed by atoms with Crippen LogP contribution in [0.15, 0.2) is 6.33 Å². The zero-order chi connectivity index (χ0) is 44.0. The van der Waals surface area contributed by atoms with Gasteiger partial charge in [-0.3, -0.25) is 28.8 Å². The molecule has 1 fully saturated rings. The van der Waals surface area contributed by atoms with E-state index < -0.39 is 29.9 Å². The van der Waals surface area contributed by atoms with Crippen molar-refractivity contribution in [1.29, 1.82) is 0 Å². The van der Waals surface area contributed by atoms with Gasteiger partial charge in [0.2, 0.25) is 0 Å². The summed E-state index contributed by atoms with van der Waals surface area (Å²) in [7, 11) is 0. The normalized spacial score (nSPS) is 16.2. The Hall–Kier alpha value is -4.12. The summed E-state index contributed by atoms with van der Waals surface area (Å²) in [5, 5.41) is 6.82. The summed E-state index contributed by atoms with van der Waals surface area (Å²) in [4.78, 5) is 55.0. The molecular weight excluding hydrogens is 779 g/mol. The van der Waals surface area contributed by atoms with Crippen LogP contribution >= 0.6 is 0 Å². The Balaban J connectivity index is 1.35. The summed E-state index contributed by atoms with van der Waals surface area (Å²) in [6, 6.07) is 0. The quantitative estimate of drug-likeness (QED) is 0.0286. The van der Waals surface area contributed by atoms with Gasteiger partial charge in [-0.05, 0) is 32.1 Å². The van der Waals surface area contributed by atoms with E-state index in [1.807, 2.05) is 0 Å². The Morgan fingerprint density at radius 3 is 1.70 bits per heavy atom. The van der Waals surface area contributed by atoms with E-state index in [0.29, 0.717) is 24.0 Å². The van der Waals surface area contributed by atoms with Crippen LogP contribution < -0.4 is 5.73 Å². The van der Waals surface area contributed by atoms with Crippen LogP contribution in [0.4, 0.5) is 5.82 Å². The number of hydrogen-bond acceptors (Lipinski definition) is 12. The lowest BCUT2D eigenvalue weighted by atomic mass is 10.0. The number of ether oxygens (including phenoxy) is 5. The number of terminal acetylenes is 1. The van der Waals surface area contributed by atoms with Gasteiger partial charge in [-0.2, -0.15) is 5.10 Å². The third-order valence-corrected chi connectivity index (χ3v) is 11.4. The number of imidazole rings is 1. The van der Waals surface area contributed by atoms with Gasteiger partial charge in [0.1, 0.15) is 26.0 Å². The Morgan fingerprint density at radius 2 is 1.20 bits per heavy atom. The minimum atomic E-state index is -1.12. The lowest BCUT2D eigenvalue weighted by Gasteiger charge is -2.23. The molecule has 344 valence electrons. The molecule has 14 nitrogen and oxygen atoms in total. The number of esters is 4. The second kappa shape index (κ2) is 30.8. The number of fused-ring (bicyclic) bond motifs is 1. The highest BCUT2D eigenvalue weighted by molar-refractivity contribution is 5.82. The summed E-state index contributed by atoms with van der Waals surface area (Å²) in [5.74, 6) is 1.03. The molecule has 1 aliphatic heterocycles. The first-order chi connectivity index (χ1) is 29.7. The SMILES string of the molecule is C#C[C@@]1(COC(=O)CCCC(=O)OC(COC(=O)CCCCCCCCCCCCC)COC(=O)CCCCCCCCCCCCC)CC[C@H](n2cnc3c(N)n[nH]c32)O1. The van der Waals surface area contributed by atoms with Gasteiger partial charge in [-0.25, -0.2) is 4.98 Å². The zero-order valence-corrected chi connectivity index (χ0v) is 37.5. The molecule has 2 atom stereocenters. The Labute approximate surface area is 364 Å². The van der Waals surface area contributed by atoms with Crippen molar-refractivity contribution in [3.8, 4) is 12.3 Å². The monoisotopic (exact) mass is 856 g/mol. The molecule has 1 saturated heterocycles. The van der Waals surface area contributed by atoms with Crippen molar-refractivity contribution in [3.05, 3.63) is 6.33 Å². The molecule has 3 rings (SSSR count). The second-order valence-electron chi connectivity index (χ2n) is 16.8. The average molecular weight is 856 g/mol. The first kappa shape index (κ1) is 51.2. The van der Waals surface area contributed by atoms with E-state index in [9.17, 15) is 19.2 Å². The largest absolute Gasteiger partial charge is 0.462 e. The minimum absolute atomic E-state index is 0.0543. The maximum atomic E-state index is 12.9. The van der Waals surface area contributed by atoms with Crippen molar-refractivity contribution < 1.29 is 42.9 Å². The van der Waals surface area contributed by atoms with Gasteiger partial charge in [0.05, 0.1) is 6.33 Å². The molecule has 14 heteroatoms. The summed E-state index contributed by atoms with van der Waals surface area (Å²) in [5.41, 5.74) is 5.87. The molecule has 3 heterocycles. The lowest BCUT2D eigenvalue weighted by Crippen LogP contribution is -2.34. The van der Waals surface area contributed by atoms with E-state index in [1.54, 1.807) is 10.9 Å². The fourth-order valence-corrected chi connectivity index (χ4v) is 7.62. The third-order valence-electron chi connectivity index (χ3n) is 11.4. The van der Waals surface area contributed by atoms with Gasteiger partial charge >= 0.3 is 23.9 Å². The molecule has 0 radical (unpaired) electrons. The summed E-state index contributed by atoms with van der Waals surface area (Å²) >= 11 is 0. The maximum absolute atomic E-state index is 12.9. The number of aromatic amines is 1. The zero-order valence-electron chi connectivity index (χ0n) is 37.5. The Morgan fingerprint density at radius 1 is 0.738 bits per heavy atom. The van der Waals surface area contributed by atoms with Gasteiger partial charge in [0, 0.05) is 25.7 Å². The number of nitrogen functional groups attached to an aromatic ring is 1. The number of rotatable bonds is 36. The molecule has 0 spiro atoms. The number of carbonyl (C=O) groups is 4. The molecule has 0 saturated carbocycles. The fraction of sp³-hybridized carbons (Fsp3) is 0.787. The smallest absolute Gasteiger partial charge is 0.306 e. The van der Waals surface area contributed by atoms with Crippen LogP contribution in [-0.2, 0) is 42.9 Å². The molecule has 0 bridgehead atoms.